The van der Waals surface area contributed by atoms with Crippen LogP contribution in [-0.2, 0) is 0 Å². The van der Waals surface area contributed by atoms with Gasteiger partial charge in [0.15, 0.2) is 5.13 Å². The van der Waals surface area contributed by atoms with Crippen LogP contribution in [0.4, 0.5) is 10.8 Å². The molecule has 2 aromatic carbocycles. The maximum absolute atomic E-state index is 5.97. The predicted octanol–water partition coefficient (Wildman–Crippen LogP) is 4.58. The number of anilines is 2. The maximum Gasteiger partial charge on any atom is 0.186 e. The van der Waals surface area contributed by atoms with Crippen LogP contribution in [0.3, 0.4) is 0 Å². The number of fused-ring (bicyclic) bond motifs is 1. The molecule has 118 valence electrons. The fraction of sp³-hybridized carbons (Fsp3) is 0.278. The number of para-hydroxylation sites is 1. The van der Waals surface area contributed by atoms with E-state index in [9.17, 15) is 0 Å². The molecule has 1 aliphatic heterocycles. The molecule has 0 radical (unpaired) electrons. The lowest BCUT2D eigenvalue weighted by Gasteiger charge is -2.36. The van der Waals surface area contributed by atoms with E-state index in [1.807, 2.05) is 12.1 Å². The Kier molecular flexibility index (Phi) is 3.87. The molecule has 0 amide bonds. The Labute approximate surface area is 145 Å². The van der Waals surface area contributed by atoms with Crippen molar-refractivity contribution < 1.29 is 0 Å². The first-order valence-corrected chi connectivity index (χ1v) is 9.02. The van der Waals surface area contributed by atoms with Gasteiger partial charge in [0.05, 0.1) is 10.2 Å². The number of aryl methyl sites for hydroxylation is 1. The number of piperazine rings is 1. The number of hydrogen-bond donors (Lipinski definition) is 0. The van der Waals surface area contributed by atoms with Crippen LogP contribution in [0.1, 0.15) is 5.56 Å². The molecule has 0 unspecified atom stereocenters. The molecule has 2 heterocycles. The second-order valence-corrected chi connectivity index (χ2v) is 7.31. The highest BCUT2D eigenvalue weighted by molar-refractivity contribution is 7.22. The lowest BCUT2D eigenvalue weighted by molar-refractivity contribution is 0.652. The highest BCUT2D eigenvalue weighted by Gasteiger charge is 2.20. The zero-order valence-corrected chi connectivity index (χ0v) is 14.6. The zero-order valence-electron chi connectivity index (χ0n) is 13.0. The number of hydrogen-bond acceptors (Lipinski definition) is 4. The van der Waals surface area contributed by atoms with Crippen LogP contribution in [-0.4, -0.2) is 31.2 Å². The molecule has 1 saturated heterocycles. The van der Waals surface area contributed by atoms with E-state index in [2.05, 4.69) is 47.1 Å². The number of halogens is 1. The minimum Gasteiger partial charge on any atom is -0.368 e. The second-order valence-electron chi connectivity index (χ2n) is 5.87. The quantitative estimate of drug-likeness (QED) is 0.678. The molecule has 0 atom stereocenters. The molecule has 23 heavy (non-hydrogen) atoms. The van der Waals surface area contributed by atoms with Crippen LogP contribution in [0.5, 0.6) is 0 Å². The van der Waals surface area contributed by atoms with E-state index in [0.29, 0.717) is 0 Å². The molecule has 0 spiro atoms. The number of nitrogens with zero attached hydrogens (tertiary/aromatic N) is 3. The van der Waals surface area contributed by atoms with E-state index in [1.165, 1.54) is 16.0 Å². The van der Waals surface area contributed by atoms with E-state index in [-0.39, 0.29) is 0 Å². The third kappa shape index (κ3) is 2.89. The molecular formula is C18H18ClN3S. The third-order valence-electron chi connectivity index (χ3n) is 4.35. The summed E-state index contributed by atoms with van der Waals surface area (Å²) in [5.41, 5.74) is 3.65. The van der Waals surface area contributed by atoms with Crippen molar-refractivity contribution in [2.75, 3.05) is 36.0 Å². The SMILES string of the molecule is Cc1cccc2sc(N3CCN(c4ccc(Cl)cc4)CC3)nc12. The van der Waals surface area contributed by atoms with Crippen LogP contribution in [0.2, 0.25) is 5.02 Å². The Morgan fingerprint density at radius 3 is 2.35 bits per heavy atom. The normalized spacial score (nSPS) is 15.4. The van der Waals surface area contributed by atoms with Crippen molar-refractivity contribution in [2.24, 2.45) is 0 Å². The summed E-state index contributed by atoms with van der Waals surface area (Å²) in [6.45, 7) is 6.15. The second kappa shape index (κ2) is 6.02. The summed E-state index contributed by atoms with van der Waals surface area (Å²) in [7, 11) is 0. The van der Waals surface area contributed by atoms with Crippen molar-refractivity contribution in [1.82, 2.24) is 4.98 Å². The average molecular weight is 344 g/mol. The molecule has 1 fully saturated rings. The summed E-state index contributed by atoms with van der Waals surface area (Å²) in [5.74, 6) is 0. The summed E-state index contributed by atoms with van der Waals surface area (Å²) < 4.78 is 1.28. The summed E-state index contributed by atoms with van der Waals surface area (Å²) in [4.78, 5) is 9.66. The molecule has 3 nitrogen and oxygen atoms in total. The predicted molar refractivity (Wildman–Crippen MR) is 100 cm³/mol. The van der Waals surface area contributed by atoms with Crippen molar-refractivity contribution >= 4 is 44.0 Å². The highest BCUT2D eigenvalue weighted by atomic mass is 35.5. The fourth-order valence-electron chi connectivity index (χ4n) is 3.02. The van der Waals surface area contributed by atoms with Crippen molar-refractivity contribution in [3.05, 3.63) is 53.1 Å². The molecule has 3 aromatic rings. The van der Waals surface area contributed by atoms with Gasteiger partial charge in [0, 0.05) is 36.9 Å². The number of thiazole rings is 1. The maximum atomic E-state index is 5.97. The van der Waals surface area contributed by atoms with Gasteiger partial charge >= 0.3 is 0 Å². The number of rotatable bonds is 2. The standard InChI is InChI=1S/C18H18ClN3S/c1-13-3-2-4-16-17(13)20-18(23-16)22-11-9-21(10-12-22)15-7-5-14(19)6-8-15/h2-8H,9-12H2,1H3. The van der Waals surface area contributed by atoms with E-state index in [1.54, 1.807) is 11.3 Å². The molecule has 4 rings (SSSR count). The number of benzene rings is 2. The third-order valence-corrected chi connectivity index (χ3v) is 5.68. The molecule has 0 N–H and O–H groups in total. The van der Waals surface area contributed by atoms with E-state index < -0.39 is 0 Å². The van der Waals surface area contributed by atoms with Crippen LogP contribution in [0.25, 0.3) is 10.2 Å². The molecule has 1 aliphatic rings. The van der Waals surface area contributed by atoms with Crippen molar-refractivity contribution in [3.8, 4) is 0 Å². The molecule has 1 aromatic heterocycles. The first kappa shape index (κ1) is 14.8. The van der Waals surface area contributed by atoms with Gasteiger partial charge in [0.2, 0.25) is 0 Å². The Morgan fingerprint density at radius 1 is 0.957 bits per heavy atom. The van der Waals surface area contributed by atoms with Gasteiger partial charge in [-0.2, -0.15) is 0 Å². The summed E-state index contributed by atoms with van der Waals surface area (Å²) in [6.07, 6.45) is 0. The van der Waals surface area contributed by atoms with Crippen LogP contribution < -0.4 is 9.80 Å². The van der Waals surface area contributed by atoms with Gasteiger partial charge in [0.1, 0.15) is 0 Å². The van der Waals surface area contributed by atoms with E-state index in [0.717, 1.165) is 41.8 Å². The van der Waals surface area contributed by atoms with Gasteiger partial charge in [0.25, 0.3) is 0 Å². The fourth-order valence-corrected chi connectivity index (χ4v) is 4.24. The van der Waals surface area contributed by atoms with E-state index in [4.69, 9.17) is 16.6 Å². The van der Waals surface area contributed by atoms with Crippen LogP contribution in [0, 0.1) is 6.92 Å². The van der Waals surface area contributed by atoms with Crippen molar-refractivity contribution in [2.45, 2.75) is 6.92 Å². The van der Waals surface area contributed by atoms with Gasteiger partial charge in [-0.3, -0.25) is 0 Å². The first-order valence-electron chi connectivity index (χ1n) is 7.82. The highest BCUT2D eigenvalue weighted by Crippen LogP contribution is 2.31. The molecular weight excluding hydrogens is 326 g/mol. The smallest absolute Gasteiger partial charge is 0.186 e. The Morgan fingerprint density at radius 2 is 1.65 bits per heavy atom. The zero-order chi connectivity index (χ0) is 15.8. The van der Waals surface area contributed by atoms with Gasteiger partial charge < -0.3 is 9.80 Å². The van der Waals surface area contributed by atoms with Crippen LogP contribution in [0.15, 0.2) is 42.5 Å². The molecule has 0 saturated carbocycles. The summed E-state index contributed by atoms with van der Waals surface area (Å²) in [6, 6.07) is 14.5. The summed E-state index contributed by atoms with van der Waals surface area (Å²) >= 11 is 7.77. The lowest BCUT2D eigenvalue weighted by Crippen LogP contribution is -2.46. The topological polar surface area (TPSA) is 19.4 Å². The largest absolute Gasteiger partial charge is 0.368 e. The molecule has 0 bridgehead atoms. The first-order chi connectivity index (χ1) is 11.2. The minimum absolute atomic E-state index is 0.789. The monoisotopic (exact) mass is 343 g/mol. The van der Waals surface area contributed by atoms with Crippen molar-refractivity contribution in [3.63, 3.8) is 0 Å². The Hall–Kier alpha value is -1.78. The number of aromatic nitrogens is 1. The van der Waals surface area contributed by atoms with Gasteiger partial charge in [-0.1, -0.05) is 35.1 Å². The molecule has 0 aliphatic carbocycles. The van der Waals surface area contributed by atoms with Gasteiger partial charge in [-0.05, 0) is 42.8 Å². The minimum atomic E-state index is 0.789. The van der Waals surface area contributed by atoms with Gasteiger partial charge in [-0.15, -0.1) is 0 Å². The lowest BCUT2D eigenvalue weighted by atomic mass is 10.2. The van der Waals surface area contributed by atoms with Gasteiger partial charge in [-0.25, -0.2) is 4.98 Å². The van der Waals surface area contributed by atoms with Crippen molar-refractivity contribution in [1.29, 1.82) is 0 Å². The summed E-state index contributed by atoms with van der Waals surface area (Å²) in [5, 5.41) is 1.93. The van der Waals surface area contributed by atoms with Crippen LogP contribution >= 0.6 is 22.9 Å². The Balaban J connectivity index is 1.50. The molecule has 5 heteroatoms. The Bertz CT molecular complexity index is 820. The average Bonchev–Trinajstić information content (AvgIpc) is 3.01. The van der Waals surface area contributed by atoms with E-state index >= 15 is 0 Å².